The van der Waals surface area contributed by atoms with Crippen molar-refractivity contribution in [3.63, 3.8) is 0 Å². The zero-order chi connectivity index (χ0) is 11.2. The van der Waals surface area contributed by atoms with Crippen LogP contribution in [0, 0.1) is 0 Å². The van der Waals surface area contributed by atoms with E-state index in [1.807, 2.05) is 12.1 Å². The number of nitrogens with one attached hydrogen (secondary N) is 1. The molecule has 0 unspecified atom stereocenters. The third kappa shape index (κ3) is 2.79. The molecule has 1 heterocycles. The molecule has 0 atom stereocenters. The second-order valence-electron chi connectivity index (χ2n) is 3.63. The van der Waals surface area contributed by atoms with Crippen molar-refractivity contribution in [2.45, 2.75) is 19.9 Å². The SMILES string of the molecule is CCc1ccc(CNc2cccnn2)cc1. The number of hydrogen-bond acceptors (Lipinski definition) is 3. The van der Waals surface area contributed by atoms with Gasteiger partial charge in [-0.05, 0) is 29.7 Å². The van der Waals surface area contributed by atoms with E-state index in [0.717, 1.165) is 18.8 Å². The van der Waals surface area contributed by atoms with Crippen LogP contribution in [0.1, 0.15) is 18.1 Å². The molecule has 0 radical (unpaired) electrons. The van der Waals surface area contributed by atoms with Gasteiger partial charge >= 0.3 is 0 Å². The molecular formula is C13H15N3. The fourth-order valence-corrected chi connectivity index (χ4v) is 1.48. The third-order valence-electron chi connectivity index (χ3n) is 2.48. The summed E-state index contributed by atoms with van der Waals surface area (Å²) in [4.78, 5) is 0. The molecule has 0 bridgehead atoms. The monoisotopic (exact) mass is 213 g/mol. The van der Waals surface area contributed by atoms with Crippen molar-refractivity contribution in [3.05, 3.63) is 53.7 Å². The van der Waals surface area contributed by atoms with Gasteiger partial charge in [0.1, 0.15) is 5.82 Å². The largest absolute Gasteiger partial charge is 0.365 e. The predicted molar refractivity (Wildman–Crippen MR) is 65.2 cm³/mol. The number of anilines is 1. The van der Waals surface area contributed by atoms with Crippen LogP contribution in [0.25, 0.3) is 0 Å². The topological polar surface area (TPSA) is 37.8 Å². The Bertz CT molecular complexity index is 423. The molecule has 0 amide bonds. The highest BCUT2D eigenvalue weighted by Gasteiger charge is 1.95. The molecule has 0 saturated carbocycles. The second kappa shape index (κ2) is 5.26. The maximum Gasteiger partial charge on any atom is 0.148 e. The van der Waals surface area contributed by atoms with Gasteiger partial charge in [-0.1, -0.05) is 31.2 Å². The van der Waals surface area contributed by atoms with Crippen LogP contribution >= 0.6 is 0 Å². The van der Waals surface area contributed by atoms with Gasteiger partial charge in [0, 0.05) is 12.7 Å². The first-order chi connectivity index (χ1) is 7.88. The molecule has 0 aliphatic rings. The summed E-state index contributed by atoms with van der Waals surface area (Å²) in [6, 6.07) is 12.4. The summed E-state index contributed by atoms with van der Waals surface area (Å²) in [7, 11) is 0. The summed E-state index contributed by atoms with van der Waals surface area (Å²) in [5.41, 5.74) is 2.62. The molecule has 1 aromatic carbocycles. The Kier molecular flexibility index (Phi) is 3.49. The molecule has 3 nitrogen and oxygen atoms in total. The molecule has 1 N–H and O–H groups in total. The lowest BCUT2D eigenvalue weighted by Crippen LogP contribution is -2.01. The van der Waals surface area contributed by atoms with Gasteiger partial charge in [-0.3, -0.25) is 0 Å². The third-order valence-corrected chi connectivity index (χ3v) is 2.48. The van der Waals surface area contributed by atoms with Crippen LogP contribution in [-0.4, -0.2) is 10.2 Å². The fourth-order valence-electron chi connectivity index (χ4n) is 1.48. The minimum Gasteiger partial charge on any atom is -0.365 e. The second-order valence-corrected chi connectivity index (χ2v) is 3.63. The van der Waals surface area contributed by atoms with Crippen molar-refractivity contribution in [1.29, 1.82) is 0 Å². The number of hydrogen-bond donors (Lipinski definition) is 1. The van der Waals surface area contributed by atoms with Crippen LogP contribution in [-0.2, 0) is 13.0 Å². The molecule has 0 fully saturated rings. The van der Waals surface area contributed by atoms with E-state index in [2.05, 4.69) is 46.7 Å². The van der Waals surface area contributed by atoms with E-state index in [1.54, 1.807) is 6.20 Å². The lowest BCUT2D eigenvalue weighted by Gasteiger charge is -2.05. The minimum absolute atomic E-state index is 0.780. The molecule has 3 heteroatoms. The Morgan fingerprint density at radius 1 is 1.06 bits per heavy atom. The Morgan fingerprint density at radius 3 is 2.44 bits per heavy atom. The summed E-state index contributed by atoms with van der Waals surface area (Å²) in [6.45, 7) is 2.94. The molecule has 2 aromatic rings. The number of rotatable bonds is 4. The van der Waals surface area contributed by atoms with Gasteiger partial charge in [0.05, 0.1) is 0 Å². The normalized spacial score (nSPS) is 10.1. The first kappa shape index (κ1) is 10.6. The van der Waals surface area contributed by atoms with Crippen LogP contribution < -0.4 is 5.32 Å². The Hall–Kier alpha value is -1.90. The summed E-state index contributed by atoms with van der Waals surface area (Å²) < 4.78 is 0. The van der Waals surface area contributed by atoms with E-state index in [4.69, 9.17) is 0 Å². The molecule has 0 spiro atoms. The predicted octanol–water partition coefficient (Wildman–Crippen LogP) is 2.65. The van der Waals surface area contributed by atoms with Crippen molar-refractivity contribution in [2.75, 3.05) is 5.32 Å². The van der Waals surface area contributed by atoms with E-state index in [-0.39, 0.29) is 0 Å². The Balaban J connectivity index is 1.94. The van der Waals surface area contributed by atoms with E-state index in [1.165, 1.54) is 11.1 Å². The zero-order valence-electron chi connectivity index (χ0n) is 9.35. The van der Waals surface area contributed by atoms with E-state index in [9.17, 15) is 0 Å². The van der Waals surface area contributed by atoms with E-state index in [0.29, 0.717) is 0 Å². The van der Waals surface area contributed by atoms with Gasteiger partial charge in [0.15, 0.2) is 0 Å². The first-order valence-electron chi connectivity index (χ1n) is 5.48. The standard InChI is InChI=1S/C13H15N3/c1-2-11-5-7-12(8-6-11)10-14-13-4-3-9-15-16-13/h3-9H,2,10H2,1H3,(H,14,16). The molecule has 0 aliphatic heterocycles. The highest BCUT2D eigenvalue weighted by Crippen LogP contribution is 2.07. The average molecular weight is 213 g/mol. The fraction of sp³-hybridized carbons (Fsp3) is 0.231. The maximum atomic E-state index is 3.97. The lowest BCUT2D eigenvalue weighted by atomic mass is 10.1. The van der Waals surface area contributed by atoms with Gasteiger partial charge in [-0.15, -0.1) is 5.10 Å². The van der Waals surface area contributed by atoms with Crippen LogP contribution in [0.4, 0.5) is 5.82 Å². The van der Waals surface area contributed by atoms with Crippen molar-refractivity contribution < 1.29 is 0 Å². The summed E-state index contributed by atoms with van der Waals surface area (Å²) >= 11 is 0. The van der Waals surface area contributed by atoms with Crippen molar-refractivity contribution >= 4 is 5.82 Å². The first-order valence-corrected chi connectivity index (χ1v) is 5.48. The Morgan fingerprint density at radius 2 is 1.81 bits per heavy atom. The van der Waals surface area contributed by atoms with Crippen LogP contribution in [0.2, 0.25) is 0 Å². The Labute approximate surface area is 95.5 Å². The summed E-state index contributed by atoms with van der Waals surface area (Å²) in [6.07, 6.45) is 2.75. The molecule has 1 aromatic heterocycles. The molecule has 0 saturated heterocycles. The lowest BCUT2D eigenvalue weighted by molar-refractivity contribution is 0.999. The molecular weight excluding hydrogens is 198 g/mol. The van der Waals surface area contributed by atoms with E-state index >= 15 is 0 Å². The van der Waals surface area contributed by atoms with Gasteiger partial charge in [0.25, 0.3) is 0 Å². The highest BCUT2D eigenvalue weighted by molar-refractivity contribution is 5.33. The molecule has 16 heavy (non-hydrogen) atoms. The smallest absolute Gasteiger partial charge is 0.148 e. The van der Waals surface area contributed by atoms with Crippen LogP contribution in [0.3, 0.4) is 0 Å². The van der Waals surface area contributed by atoms with Gasteiger partial charge in [-0.2, -0.15) is 5.10 Å². The van der Waals surface area contributed by atoms with Gasteiger partial charge < -0.3 is 5.32 Å². The maximum absolute atomic E-state index is 3.97. The van der Waals surface area contributed by atoms with Crippen LogP contribution in [0.15, 0.2) is 42.6 Å². The quantitative estimate of drug-likeness (QED) is 0.848. The van der Waals surface area contributed by atoms with Gasteiger partial charge in [0.2, 0.25) is 0 Å². The minimum atomic E-state index is 0.780. The number of benzene rings is 1. The number of nitrogens with zero attached hydrogens (tertiary/aromatic N) is 2. The summed E-state index contributed by atoms with van der Waals surface area (Å²) in [5, 5.41) is 11.0. The van der Waals surface area contributed by atoms with Crippen LogP contribution in [0.5, 0.6) is 0 Å². The highest BCUT2D eigenvalue weighted by atomic mass is 15.2. The molecule has 82 valence electrons. The average Bonchev–Trinajstić information content (AvgIpc) is 2.38. The zero-order valence-corrected chi connectivity index (χ0v) is 9.35. The van der Waals surface area contributed by atoms with E-state index < -0.39 is 0 Å². The van der Waals surface area contributed by atoms with Gasteiger partial charge in [-0.25, -0.2) is 0 Å². The van der Waals surface area contributed by atoms with Crippen molar-refractivity contribution in [3.8, 4) is 0 Å². The molecule has 2 rings (SSSR count). The summed E-state index contributed by atoms with van der Waals surface area (Å²) in [5.74, 6) is 0.807. The number of aromatic nitrogens is 2. The van der Waals surface area contributed by atoms with Crippen molar-refractivity contribution in [1.82, 2.24) is 10.2 Å². The molecule has 0 aliphatic carbocycles. The number of aryl methyl sites for hydroxylation is 1. The van der Waals surface area contributed by atoms with Crippen molar-refractivity contribution in [2.24, 2.45) is 0 Å².